The molecule has 2 aliphatic rings. The summed E-state index contributed by atoms with van der Waals surface area (Å²) in [6.45, 7) is 5.82. The van der Waals surface area contributed by atoms with Crippen molar-refractivity contribution in [2.75, 3.05) is 26.2 Å². The van der Waals surface area contributed by atoms with Crippen molar-refractivity contribution < 1.29 is 5.11 Å². The first-order chi connectivity index (χ1) is 7.22. The summed E-state index contributed by atoms with van der Waals surface area (Å²) in [4.78, 5) is 2.50. The largest absolute Gasteiger partial charge is 0.394 e. The van der Waals surface area contributed by atoms with Crippen LogP contribution in [0.2, 0.25) is 0 Å². The third-order valence-electron chi connectivity index (χ3n) is 3.50. The first-order valence-corrected chi connectivity index (χ1v) is 6.33. The van der Waals surface area contributed by atoms with Gasteiger partial charge in [0.15, 0.2) is 0 Å². The SMILES string of the molecule is CC(CO)(CN1CCCCC1)NC1CC1. The Morgan fingerprint density at radius 3 is 2.47 bits per heavy atom. The van der Waals surface area contributed by atoms with E-state index in [9.17, 15) is 5.11 Å². The molecule has 0 radical (unpaired) electrons. The number of aliphatic hydroxyl groups excluding tert-OH is 1. The summed E-state index contributed by atoms with van der Waals surface area (Å²) < 4.78 is 0. The average molecular weight is 212 g/mol. The average Bonchev–Trinajstić information content (AvgIpc) is 3.03. The molecule has 0 bridgehead atoms. The van der Waals surface area contributed by atoms with Crippen molar-refractivity contribution in [2.24, 2.45) is 0 Å². The van der Waals surface area contributed by atoms with Gasteiger partial charge in [-0.05, 0) is 45.7 Å². The molecule has 3 nitrogen and oxygen atoms in total. The summed E-state index contributed by atoms with van der Waals surface area (Å²) in [7, 11) is 0. The summed E-state index contributed by atoms with van der Waals surface area (Å²) in [5.74, 6) is 0. The number of nitrogens with zero attached hydrogens (tertiary/aromatic N) is 1. The molecule has 1 heterocycles. The van der Waals surface area contributed by atoms with Crippen LogP contribution in [0.25, 0.3) is 0 Å². The standard InChI is InChI=1S/C12H24N2O/c1-12(10-15,13-11-5-6-11)9-14-7-3-2-4-8-14/h11,13,15H,2-10H2,1H3. The van der Waals surface area contributed by atoms with Gasteiger partial charge < -0.3 is 15.3 Å². The van der Waals surface area contributed by atoms with E-state index in [0.29, 0.717) is 6.04 Å². The van der Waals surface area contributed by atoms with Crippen molar-refractivity contribution in [3.63, 3.8) is 0 Å². The van der Waals surface area contributed by atoms with E-state index in [4.69, 9.17) is 0 Å². The molecule has 2 rings (SSSR count). The minimum Gasteiger partial charge on any atom is -0.394 e. The molecule has 3 heteroatoms. The maximum absolute atomic E-state index is 9.50. The minimum absolute atomic E-state index is 0.0848. The highest BCUT2D eigenvalue weighted by Gasteiger charge is 2.33. The first kappa shape index (κ1) is 11.4. The van der Waals surface area contributed by atoms with Crippen LogP contribution in [0.3, 0.4) is 0 Å². The van der Waals surface area contributed by atoms with Gasteiger partial charge in [0, 0.05) is 12.6 Å². The zero-order chi connectivity index (χ0) is 10.7. The van der Waals surface area contributed by atoms with Crippen LogP contribution in [0.4, 0.5) is 0 Å². The minimum atomic E-state index is -0.0848. The lowest BCUT2D eigenvalue weighted by molar-refractivity contribution is 0.107. The van der Waals surface area contributed by atoms with Crippen LogP contribution in [0.5, 0.6) is 0 Å². The number of likely N-dealkylation sites (tertiary alicyclic amines) is 1. The lowest BCUT2D eigenvalue weighted by Crippen LogP contribution is -2.55. The van der Waals surface area contributed by atoms with Crippen LogP contribution in [0.1, 0.15) is 39.0 Å². The molecular formula is C12H24N2O. The Morgan fingerprint density at radius 2 is 1.93 bits per heavy atom. The van der Waals surface area contributed by atoms with Gasteiger partial charge in [-0.25, -0.2) is 0 Å². The summed E-state index contributed by atoms with van der Waals surface area (Å²) >= 11 is 0. The van der Waals surface area contributed by atoms with Gasteiger partial charge in [0.2, 0.25) is 0 Å². The molecule has 0 amide bonds. The molecule has 0 aromatic rings. The van der Waals surface area contributed by atoms with Gasteiger partial charge in [-0.1, -0.05) is 6.42 Å². The predicted octanol–water partition coefficient (Wildman–Crippen LogP) is 0.975. The van der Waals surface area contributed by atoms with Crippen LogP contribution in [0, 0.1) is 0 Å². The molecule has 15 heavy (non-hydrogen) atoms. The van der Waals surface area contributed by atoms with Crippen molar-refractivity contribution in [1.82, 2.24) is 10.2 Å². The molecule has 1 saturated heterocycles. The maximum atomic E-state index is 9.50. The van der Waals surface area contributed by atoms with Crippen molar-refractivity contribution in [3.8, 4) is 0 Å². The molecule has 1 aliphatic heterocycles. The van der Waals surface area contributed by atoms with Crippen molar-refractivity contribution in [3.05, 3.63) is 0 Å². The van der Waals surface area contributed by atoms with E-state index < -0.39 is 0 Å². The number of hydrogen-bond acceptors (Lipinski definition) is 3. The number of nitrogens with one attached hydrogen (secondary N) is 1. The van der Waals surface area contributed by atoms with Crippen LogP contribution in [-0.4, -0.2) is 47.8 Å². The highest BCUT2D eigenvalue weighted by Crippen LogP contribution is 2.23. The highest BCUT2D eigenvalue weighted by atomic mass is 16.3. The van der Waals surface area contributed by atoms with Crippen molar-refractivity contribution in [2.45, 2.75) is 50.6 Å². The molecule has 0 aromatic carbocycles. The van der Waals surface area contributed by atoms with Crippen molar-refractivity contribution >= 4 is 0 Å². The Balaban J connectivity index is 1.81. The second kappa shape index (κ2) is 4.81. The fourth-order valence-corrected chi connectivity index (χ4v) is 2.47. The Kier molecular flexibility index (Phi) is 3.65. The van der Waals surface area contributed by atoms with Gasteiger partial charge >= 0.3 is 0 Å². The summed E-state index contributed by atoms with van der Waals surface area (Å²) in [5.41, 5.74) is -0.0848. The normalized spacial score (nSPS) is 27.6. The summed E-state index contributed by atoms with van der Waals surface area (Å²) in [6.07, 6.45) is 6.60. The van der Waals surface area contributed by atoms with Gasteiger partial charge in [-0.3, -0.25) is 0 Å². The zero-order valence-corrected chi connectivity index (χ0v) is 9.84. The van der Waals surface area contributed by atoms with E-state index in [1.165, 1.54) is 45.2 Å². The number of aliphatic hydroxyl groups is 1. The van der Waals surface area contributed by atoms with Crippen LogP contribution in [-0.2, 0) is 0 Å². The smallest absolute Gasteiger partial charge is 0.0623 e. The summed E-state index contributed by atoms with van der Waals surface area (Å²) in [6, 6.07) is 0.673. The number of hydrogen-bond donors (Lipinski definition) is 2. The van der Waals surface area contributed by atoms with Gasteiger partial charge in [-0.15, -0.1) is 0 Å². The molecule has 1 saturated carbocycles. The van der Waals surface area contributed by atoms with Crippen molar-refractivity contribution in [1.29, 1.82) is 0 Å². The molecular weight excluding hydrogens is 188 g/mol. The topological polar surface area (TPSA) is 35.5 Å². The third-order valence-corrected chi connectivity index (χ3v) is 3.50. The lowest BCUT2D eigenvalue weighted by atomic mass is 10.0. The van der Waals surface area contributed by atoms with E-state index in [2.05, 4.69) is 17.1 Å². The van der Waals surface area contributed by atoms with Gasteiger partial charge in [-0.2, -0.15) is 0 Å². The second-order valence-electron chi connectivity index (χ2n) is 5.47. The van der Waals surface area contributed by atoms with E-state index in [1.54, 1.807) is 0 Å². The molecule has 88 valence electrons. The molecule has 2 N–H and O–H groups in total. The predicted molar refractivity (Wildman–Crippen MR) is 61.9 cm³/mol. The highest BCUT2D eigenvalue weighted by molar-refractivity contribution is 4.94. The fraction of sp³-hybridized carbons (Fsp3) is 1.00. The molecule has 0 aromatic heterocycles. The first-order valence-electron chi connectivity index (χ1n) is 6.33. The maximum Gasteiger partial charge on any atom is 0.0623 e. The van der Waals surface area contributed by atoms with E-state index in [0.717, 1.165) is 6.54 Å². The van der Waals surface area contributed by atoms with Crippen LogP contribution in [0.15, 0.2) is 0 Å². The molecule has 1 unspecified atom stereocenters. The Morgan fingerprint density at radius 1 is 1.27 bits per heavy atom. The lowest BCUT2D eigenvalue weighted by Gasteiger charge is -2.37. The Bertz CT molecular complexity index is 200. The fourth-order valence-electron chi connectivity index (χ4n) is 2.47. The van der Waals surface area contributed by atoms with E-state index in [1.807, 2.05) is 0 Å². The molecule has 2 fully saturated rings. The Hall–Kier alpha value is -0.120. The molecule has 1 atom stereocenters. The van der Waals surface area contributed by atoms with E-state index >= 15 is 0 Å². The van der Waals surface area contributed by atoms with Gasteiger partial charge in [0.25, 0.3) is 0 Å². The van der Waals surface area contributed by atoms with Crippen LogP contribution >= 0.6 is 0 Å². The van der Waals surface area contributed by atoms with Gasteiger partial charge in [0.1, 0.15) is 0 Å². The number of piperidine rings is 1. The monoisotopic (exact) mass is 212 g/mol. The third kappa shape index (κ3) is 3.44. The zero-order valence-electron chi connectivity index (χ0n) is 9.84. The summed E-state index contributed by atoms with van der Waals surface area (Å²) in [5, 5.41) is 13.1. The quantitative estimate of drug-likeness (QED) is 0.713. The molecule has 0 spiro atoms. The Labute approximate surface area is 92.8 Å². The van der Waals surface area contributed by atoms with E-state index in [-0.39, 0.29) is 12.1 Å². The van der Waals surface area contributed by atoms with Crippen LogP contribution < -0.4 is 5.32 Å². The second-order valence-corrected chi connectivity index (χ2v) is 5.47. The number of rotatable bonds is 5. The van der Waals surface area contributed by atoms with Gasteiger partial charge in [0.05, 0.1) is 12.1 Å². The molecule has 1 aliphatic carbocycles.